The van der Waals surface area contributed by atoms with Crippen LogP contribution in [-0.2, 0) is 6.61 Å². The van der Waals surface area contributed by atoms with Crippen molar-refractivity contribution in [3.8, 4) is 5.75 Å². The van der Waals surface area contributed by atoms with Crippen molar-refractivity contribution in [3.05, 3.63) is 84.1 Å². The second-order valence-electron chi connectivity index (χ2n) is 6.53. The third kappa shape index (κ3) is 4.14. The van der Waals surface area contributed by atoms with E-state index < -0.39 is 0 Å². The predicted octanol–water partition coefficient (Wildman–Crippen LogP) is 3.82. The minimum Gasteiger partial charge on any atom is -0.489 e. The van der Waals surface area contributed by atoms with Gasteiger partial charge in [-0.1, -0.05) is 36.4 Å². The number of benzene rings is 2. The minimum absolute atomic E-state index is 0.0410. The van der Waals surface area contributed by atoms with E-state index in [2.05, 4.69) is 4.90 Å². The van der Waals surface area contributed by atoms with Gasteiger partial charge in [0.15, 0.2) is 5.88 Å². The Balaban J connectivity index is 1.36. The zero-order chi connectivity index (χ0) is 18.5. The molecule has 1 aliphatic rings. The average Bonchev–Trinajstić information content (AvgIpc) is 3.28. The van der Waals surface area contributed by atoms with Crippen molar-refractivity contribution in [2.24, 2.45) is 0 Å². The van der Waals surface area contributed by atoms with Crippen molar-refractivity contribution in [2.45, 2.75) is 6.61 Å². The lowest BCUT2D eigenvalue weighted by Crippen LogP contribution is -2.48. The van der Waals surface area contributed by atoms with E-state index in [1.165, 1.54) is 0 Å². The maximum Gasteiger partial charge on any atom is 0.254 e. The van der Waals surface area contributed by atoms with Crippen LogP contribution in [0.2, 0.25) is 0 Å². The van der Waals surface area contributed by atoms with Gasteiger partial charge in [0, 0.05) is 37.8 Å². The first-order valence-corrected chi connectivity index (χ1v) is 9.14. The molecule has 1 aliphatic heterocycles. The molecule has 27 heavy (non-hydrogen) atoms. The molecule has 2 aromatic carbocycles. The molecular weight excluding hydrogens is 340 g/mol. The second-order valence-corrected chi connectivity index (χ2v) is 6.53. The first kappa shape index (κ1) is 17.2. The molecular formula is C22H22N2O3. The highest BCUT2D eigenvalue weighted by molar-refractivity contribution is 5.94. The van der Waals surface area contributed by atoms with Crippen molar-refractivity contribution in [1.29, 1.82) is 0 Å². The maximum atomic E-state index is 12.8. The Bertz CT molecular complexity index is 870. The lowest BCUT2D eigenvalue weighted by Gasteiger charge is -2.34. The highest BCUT2D eigenvalue weighted by Gasteiger charge is 2.23. The molecule has 0 unspecified atom stereocenters. The summed E-state index contributed by atoms with van der Waals surface area (Å²) in [6.07, 6.45) is 1.67. The summed E-state index contributed by atoms with van der Waals surface area (Å²) in [6, 6.07) is 21.2. The normalized spacial score (nSPS) is 14.2. The van der Waals surface area contributed by atoms with Crippen LogP contribution in [0.25, 0.3) is 0 Å². The third-order valence-electron chi connectivity index (χ3n) is 4.71. The molecule has 5 nitrogen and oxygen atoms in total. The fourth-order valence-corrected chi connectivity index (χ4v) is 3.22. The van der Waals surface area contributed by atoms with Crippen LogP contribution in [0.1, 0.15) is 15.9 Å². The average molecular weight is 362 g/mol. The van der Waals surface area contributed by atoms with Crippen molar-refractivity contribution >= 4 is 11.8 Å². The van der Waals surface area contributed by atoms with Gasteiger partial charge in [-0.25, -0.2) is 0 Å². The first-order valence-electron chi connectivity index (χ1n) is 9.14. The maximum absolute atomic E-state index is 12.8. The Morgan fingerprint density at radius 2 is 1.74 bits per heavy atom. The number of ether oxygens (including phenoxy) is 1. The Hall–Kier alpha value is -3.21. The number of rotatable bonds is 5. The number of amides is 1. The van der Waals surface area contributed by atoms with E-state index in [0.717, 1.165) is 24.5 Å². The number of hydrogen-bond donors (Lipinski definition) is 0. The van der Waals surface area contributed by atoms with Crippen molar-refractivity contribution in [2.75, 3.05) is 31.1 Å². The summed E-state index contributed by atoms with van der Waals surface area (Å²) in [5.74, 6) is 1.61. The number of hydrogen-bond acceptors (Lipinski definition) is 4. The molecule has 3 aromatic rings. The van der Waals surface area contributed by atoms with E-state index in [9.17, 15) is 4.79 Å². The summed E-state index contributed by atoms with van der Waals surface area (Å²) >= 11 is 0. The Morgan fingerprint density at radius 3 is 2.48 bits per heavy atom. The van der Waals surface area contributed by atoms with Crippen molar-refractivity contribution < 1.29 is 13.9 Å². The molecule has 0 saturated carbocycles. The van der Waals surface area contributed by atoms with Gasteiger partial charge in [0.1, 0.15) is 12.4 Å². The number of piperazine rings is 1. The zero-order valence-electron chi connectivity index (χ0n) is 15.1. The SMILES string of the molecule is O=C(c1cccc(OCc2ccccc2)c1)N1CCN(c2ccco2)CC1. The van der Waals surface area contributed by atoms with Gasteiger partial charge in [-0.3, -0.25) is 4.79 Å². The first-order chi connectivity index (χ1) is 13.3. The number of furan rings is 1. The molecule has 1 fully saturated rings. The number of carbonyl (C=O) groups is 1. The molecule has 0 radical (unpaired) electrons. The molecule has 1 saturated heterocycles. The minimum atomic E-state index is 0.0410. The van der Waals surface area contributed by atoms with E-state index in [0.29, 0.717) is 31.0 Å². The molecule has 0 bridgehead atoms. The molecule has 4 rings (SSSR count). The highest BCUT2D eigenvalue weighted by atomic mass is 16.5. The van der Waals surface area contributed by atoms with Crippen molar-refractivity contribution in [1.82, 2.24) is 4.90 Å². The molecule has 0 atom stereocenters. The highest BCUT2D eigenvalue weighted by Crippen LogP contribution is 2.20. The van der Waals surface area contributed by atoms with Gasteiger partial charge >= 0.3 is 0 Å². The van der Waals surface area contributed by atoms with Gasteiger partial charge in [0.2, 0.25) is 0 Å². The summed E-state index contributed by atoms with van der Waals surface area (Å²) in [7, 11) is 0. The van der Waals surface area contributed by atoms with E-state index in [1.54, 1.807) is 6.26 Å². The van der Waals surface area contributed by atoms with Crippen LogP contribution in [0.4, 0.5) is 5.88 Å². The summed E-state index contributed by atoms with van der Waals surface area (Å²) < 4.78 is 11.3. The van der Waals surface area contributed by atoms with E-state index >= 15 is 0 Å². The quantitative estimate of drug-likeness (QED) is 0.692. The largest absolute Gasteiger partial charge is 0.489 e. The molecule has 0 spiro atoms. The van der Waals surface area contributed by atoms with Gasteiger partial charge in [-0.2, -0.15) is 0 Å². The van der Waals surface area contributed by atoms with Gasteiger partial charge in [0.25, 0.3) is 5.91 Å². The smallest absolute Gasteiger partial charge is 0.254 e. The molecule has 0 N–H and O–H groups in total. The van der Waals surface area contributed by atoms with Crippen molar-refractivity contribution in [3.63, 3.8) is 0 Å². The van der Waals surface area contributed by atoms with Crippen LogP contribution in [-0.4, -0.2) is 37.0 Å². The van der Waals surface area contributed by atoms with Crippen LogP contribution in [0.5, 0.6) is 5.75 Å². The Labute approximate surface area is 158 Å². The third-order valence-corrected chi connectivity index (χ3v) is 4.71. The lowest BCUT2D eigenvalue weighted by molar-refractivity contribution is 0.0745. The van der Waals surface area contributed by atoms with Gasteiger partial charge < -0.3 is 19.0 Å². The topological polar surface area (TPSA) is 45.9 Å². The van der Waals surface area contributed by atoms with Crippen LogP contribution < -0.4 is 9.64 Å². The standard InChI is InChI=1S/C22H22N2O3/c25-22(24-13-11-23(12-14-24)21-10-5-15-26-21)19-8-4-9-20(16-19)27-17-18-6-2-1-3-7-18/h1-10,15-16H,11-14,17H2. The van der Waals surface area contributed by atoms with Crippen LogP contribution in [0.15, 0.2) is 77.4 Å². The summed E-state index contributed by atoms with van der Waals surface area (Å²) in [4.78, 5) is 16.9. The van der Waals surface area contributed by atoms with E-state index in [4.69, 9.17) is 9.15 Å². The van der Waals surface area contributed by atoms with Crippen LogP contribution in [0, 0.1) is 0 Å². The van der Waals surface area contributed by atoms with Crippen LogP contribution in [0.3, 0.4) is 0 Å². The Kier molecular flexibility index (Phi) is 5.10. The summed E-state index contributed by atoms with van der Waals surface area (Å²) in [5, 5.41) is 0. The number of nitrogens with zero attached hydrogens (tertiary/aromatic N) is 2. The summed E-state index contributed by atoms with van der Waals surface area (Å²) in [6.45, 7) is 3.37. The molecule has 1 aromatic heterocycles. The van der Waals surface area contributed by atoms with Gasteiger partial charge in [-0.15, -0.1) is 0 Å². The molecule has 5 heteroatoms. The number of anilines is 1. The van der Waals surface area contributed by atoms with E-state index in [-0.39, 0.29) is 5.91 Å². The predicted molar refractivity (Wildman–Crippen MR) is 104 cm³/mol. The number of carbonyl (C=O) groups excluding carboxylic acids is 1. The lowest BCUT2D eigenvalue weighted by atomic mass is 10.1. The molecule has 138 valence electrons. The zero-order valence-corrected chi connectivity index (χ0v) is 15.1. The molecule has 2 heterocycles. The summed E-state index contributed by atoms with van der Waals surface area (Å²) in [5.41, 5.74) is 1.76. The van der Waals surface area contributed by atoms with Crippen LogP contribution >= 0.6 is 0 Å². The monoisotopic (exact) mass is 362 g/mol. The molecule has 1 amide bonds. The second kappa shape index (κ2) is 7.99. The van der Waals surface area contributed by atoms with Gasteiger partial charge in [0.05, 0.1) is 6.26 Å². The fraction of sp³-hybridized carbons (Fsp3) is 0.227. The molecule has 0 aliphatic carbocycles. The fourth-order valence-electron chi connectivity index (χ4n) is 3.22. The van der Waals surface area contributed by atoms with E-state index in [1.807, 2.05) is 71.6 Å². The van der Waals surface area contributed by atoms with Gasteiger partial charge in [-0.05, 0) is 29.8 Å². The Morgan fingerprint density at radius 1 is 0.926 bits per heavy atom.